The molecule has 7 nitrogen and oxygen atoms in total. The van der Waals surface area contributed by atoms with Crippen molar-refractivity contribution in [2.24, 2.45) is 0 Å². The fraction of sp³-hybridized carbons (Fsp3) is 0.294. The van der Waals surface area contributed by atoms with Crippen LogP contribution in [0.25, 0.3) is 11.3 Å². The molecule has 2 rings (SSSR count). The van der Waals surface area contributed by atoms with Gasteiger partial charge in [-0.05, 0) is 25.1 Å². The highest BCUT2D eigenvalue weighted by Crippen LogP contribution is 2.35. The second-order valence-corrected chi connectivity index (χ2v) is 4.90. The zero-order chi connectivity index (χ0) is 17.7. The van der Waals surface area contributed by atoms with Gasteiger partial charge in [-0.3, -0.25) is 4.79 Å². The van der Waals surface area contributed by atoms with E-state index in [0.29, 0.717) is 17.1 Å². The van der Waals surface area contributed by atoms with Crippen LogP contribution in [0.4, 0.5) is 0 Å². The van der Waals surface area contributed by atoms with Crippen molar-refractivity contribution >= 4 is 5.91 Å². The molecule has 1 atom stereocenters. The lowest BCUT2D eigenvalue weighted by atomic mass is 10.0. The molecule has 0 saturated heterocycles. The van der Waals surface area contributed by atoms with Gasteiger partial charge in [-0.1, -0.05) is 11.1 Å². The summed E-state index contributed by atoms with van der Waals surface area (Å²) in [5, 5.41) is 16.3. The molecule has 0 spiro atoms. The summed E-state index contributed by atoms with van der Waals surface area (Å²) in [6, 6.07) is 5.07. The molecule has 0 aliphatic carbocycles. The van der Waals surface area contributed by atoms with Crippen molar-refractivity contribution in [1.29, 1.82) is 0 Å². The van der Waals surface area contributed by atoms with Crippen LogP contribution < -0.4 is 14.8 Å². The summed E-state index contributed by atoms with van der Waals surface area (Å²) >= 11 is 0. The maximum atomic E-state index is 12.4. The Hall–Kier alpha value is -2.98. The van der Waals surface area contributed by atoms with Crippen molar-refractivity contribution in [3.63, 3.8) is 0 Å². The number of amides is 1. The third-order valence-electron chi connectivity index (χ3n) is 3.33. The molecule has 1 heterocycles. The van der Waals surface area contributed by atoms with Gasteiger partial charge >= 0.3 is 0 Å². The predicted molar refractivity (Wildman–Crippen MR) is 86.8 cm³/mol. The third-order valence-corrected chi connectivity index (χ3v) is 3.33. The van der Waals surface area contributed by atoms with Crippen LogP contribution in [0.15, 0.2) is 22.7 Å². The van der Waals surface area contributed by atoms with E-state index in [9.17, 15) is 9.90 Å². The Morgan fingerprint density at radius 2 is 2.12 bits per heavy atom. The zero-order valence-electron chi connectivity index (χ0n) is 13.6. The number of hydrogen-bond acceptors (Lipinski definition) is 6. The second kappa shape index (κ2) is 7.53. The van der Waals surface area contributed by atoms with Crippen LogP contribution in [0.2, 0.25) is 0 Å². The molecule has 1 unspecified atom stereocenters. The average Bonchev–Trinajstić information content (AvgIpc) is 3.04. The minimum Gasteiger partial charge on any atom is -0.493 e. The van der Waals surface area contributed by atoms with Crippen molar-refractivity contribution in [3.05, 3.63) is 29.5 Å². The highest BCUT2D eigenvalue weighted by atomic mass is 16.5. The van der Waals surface area contributed by atoms with Gasteiger partial charge in [-0.15, -0.1) is 6.42 Å². The van der Waals surface area contributed by atoms with E-state index in [4.69, 9.17) is 20.4 Å². The van der Waals surface area contributed by atoms with Gasteiger partial charge in [0, 0.05) is 5.56 Å². The summed E-state index contributed by atoms with van der Waals surface area (Å²) in [5.41, 5.74) is 0.989. The lowest BCUT2D eigenvalue weighted by Crippen LogP contribution is -2.25. The number of rotatable bonds is 6. The summed E-state index contributed by atoms with van der Waals surface area (Å²) in [6.45, 7) is 1.53. The number of methoxy groups -OCH3 is 2. The summed E-state index contributed by atoms with van der Waals surface area (Å²) in [7, 11) is 3.03. The molecule has 0 saturated carbocycles. The van der Waals surface area contributed by atoms with Crippen molar-refractivity contribution in [2.45, 2.75) is 13.0 Å². The zero-order valence-corrected chi connectivity index (χ0v) is 13.6. The number of terminal acetylenes is 1. The van der Waals surface area contributed by atoms with Gasteiger partial charge in [0.1, 0.15) is 17.4 Å². The third kappa shape index (κ3) is 3.34. The Labute approximate surface area is 139 Å². The van der Waals surface area contributed by atoms with Crippen LogP contribution in [-0.4, -0.2) is 36.9 Å². The first kappa shape index (κ1) is 17.4. The molecule has 126 valence electrons. The van der Waals surface area contributed by atoms with Gasteiger partial charge in [-0.25, -0.2) is 0 Å². The van der Waals surface area contributed by atoms with Crippen LogP contribution in [0.3, 0.4) is 0 Å². The number of nitrogens with one attached hydrogen (secondary N) is 1. The van der Waals surface area contributed by atoms with Gasteiger partial charge in [0.25, 0.3) is 5.91 Å². The fourth-order valence-corrected chi connectivity index (χ4v) is 2.21. The molecule has 1 aromatic carbocycles. The molecule has 24 heavy (non-hydrogen) atoms. The lowest BCUT2D eigenvalue weighted by Gasteiger charge is -2.09. The smallest absolute Gasteiger partial charge is 0.258 e. The molecule has 0 bridgehead atoms. The monoisotopic (exact) mass is 330 g/mol. The Balaban J connectivity index is 2.54. The standard InChI is InChI=1S/C17H18N2O5/c1-5-8-18-17(21)14-15(19-24-16(14)10(2)20)11-6-7-12(22-3)13(9-11)23-4/h1,6-7,9-10,20H,8H2,2-4H3,(H,18,21). The average molecular weight is 330 g/mol. The van der Waals surface area contributed by atoms with E-state index in [1.165, 1.54) is 21.1 Å². The van der Waals surface area contributed by atoms with Crippen molar-refractivity contribution in [2.75, 3.05) is 20.8 Å². The summed E-state index contributed by atoms with van der Waals surface area (Å²) in [6.07, 6.45) is 4.16. The molecule has 2 N–H and O–H groups in total. The number of benzene rings is 1. The Bertz CT molecular complexity index is 774. The molecular weight excluding hydrogens is 312 g/mol. The van der Waals surface area contributed by atoms with Gasteiger partial charge in [-0.2, -0.15) is 0 Å². The molecule has 0 aliphatic rings. The number of aromatic nitrogens is 1. The fourth-order valence-electron chi connectivity index (χ4n) is 2.21. The quantitative estimate of drug-likeness (QED) is 0.784. The summed E-state index contributed by atoms with van der Waals surface area (Å²) in [4.78, 5) is 12.4. The van der Waals surface area contributed by atoms with Crippen molar-refractivity contribution in [1.82, 2.24) is 10.5 Å². The highest BCUT2D eigenvalue weighted by molar-refractivity contribution is 6.01. The van der Waals surface area contributed by atoms with E-state index >= 15 is 0 Å². The molecule has 0 aliphatic heterocycles. The first-order valence-electron chi connectivity index (χ1n) is 7.15. The first-order chi connectivity index (χ1) is 11.5. The Morgan fingerprint density at radius 1 is 1.42 bits per heavy atom. The van der Waals surface area contributed by atoms with Crippen LogP contribution in [-0.2, 0) is 0 Å². The molecule has 0 radical (unpaired) electrons. The van der Waals surface area contributed by atoms with Gasteiger partial charge in [0.2, 0.25) is 0 Å². The highest BCUT2D eigenvalue weighted by Gasteiger charge is 2.26. The number of aliphatic hydroxyl groups is 1. The van der Waals surface area contributed by atoms with Gasteiger partial charge < -0.3 is 24.4 Å². The van der Waals surface area contributed by atoms with E-state index in [1.54, 1.807) is 18.2 Å². The normalized spacial score (nSPS) is 11.5. The number of nitrogens with zero attached hydrogens (tertiary/aromatic N) is 1. The summed E-state index contributed by atoms with van der Waals surface area (Å²) < 4.78 is 15.6. The number of ether oxygens (including phenoxy) is 2. The van der Waals surface area contributed by atoms with E-state index in [1.807, 2.05) is 0 Å². The Kier molecular flexibility index (Phi) is 5.45. The van der Waals surface area contributed by atoms with E-state index in [2.05, 4.69) is 16.4 Å². The molecular formula is C17H18N2O5. The minimum atomic E-state index is -1.00. The summed E-state index contributed by atoms with van der Waals surface area (Å²) in [5.74, 6) is 2.93. The van der Waals surface area contributed by atoms with E-state index in [-0.39, 0.29) is 23.6 Å². The Morgan fingerprint density at radius 3 is 2.71 bits per heavy atom. The number of hydrogen-bond donors (Lipinski definition) is 2. The van der Waals surface area contributed by atoms with Crippen molar-refractivity contribution < 1.29 is 23.9 Å². The first-order valence-corrected chi connectivity index (χ1v) is 7.15. The predicted octanol–water partition coefficient (Wildman–Crippen LogP) is 1.78. The lowest BCUT2D eigenvalue weighted by molar-refractivity contribution is 0.0946. The maximum Gasteiger partial charge on any atom is 0.258 e. The molecule has 1 amide bonds. The van der Waals surface area contributed by atoms with Gasteiger partial charge in [0.15, 0.2) is 17.3 Å². The van der Waals surface area contributed by atoms with Gasteiger partial charge in [0.05, 0.1) is 20.8 Å². The largest absolute Gasteiger partial charge is 0.493 e. The van der Waals surface area contributed by atoms with E-state index in [0.717, 1.165) is 0 Å². The van der Waals surface area contributed by atoms with Crippen LogP contribution in [0, 0.1) is 12.3 Å². The second-order valence-electron chi connectivity index (χ2n) is 4.90. The topological polar surface area (TPSA) is 93.8 Å². The van der Waals surface area contributed by atoms with Crippen LogP contribution in [0.1, 0.15) is 29.1 Å². The maximum absolute atomic E-state index is 12.4. The van der Waals surface area contributed by atoms with Crippen LogP contribution >= 0.6 is 0 Å². The number of aliphatic hydroxyl groups excluding tert-OH is 1. The van der Waals surface area contributed by atoms with Crippen LogP contribution in [0.5, 0.6) is 11.5 Å². The molecule has 0 fully saturated rings. The molecule has 1 aromatic heterocycles. The SMILES string of the molecule is C#CCNC(=O)c1c(-c2ccc(OC)c(OC)c2)noc1C(C)O. The number of carbonyl (C=O) groups excluding carboxylic acids is 1. The molecule has 2 aromatic rings. The van der Waals surface area contributed by atoms with Crippen molar-refractivity contribution in [3.8, 4) is 35.1 Å². The molecule has 7 heteroatoms. The minimum absolute atomic E-state index is 0.0502. The van der Waals surface area contributed by atoms with E-state index < -0.39 is 12.0 Å². The number of carbonyl (C=O) groups is 1.